The fourth-order valence-electron chi connectivity index (χ4n) is 0.205. The largest absolute Gasteiger partial charge is 0.255 e. The molecule has 0 unspecified atom stereocenters. The van der Waals surface area contributed by atoms with Crippen molar-refractivity contribution >= 4 is 0 Å². The van der Waals surface area contributed by atoms with Crippen molar-refractivity contribution in [2.45, 2.75) is 0 Å². The molecule has 1 radical (unpaired) electrons. The van der Waals surface area contributed by atoms with Crippen LogP contribution in [0.1, 0.15) is 0 Å². The van der Waals surface area contributed by atoms with Crippen LogP contribution < -0.4 is 0 Å². The van der Waals surface area contributed by atoms with E-state index in [0.29, 0.717) is 0 Å². The first kappa shape index (κ1) is 5.97. The summed E-state index contributed by atoms with van der Waals surface area (Å²) in [6, 6.07) is 0. The van der Waals surface area contributed by atoms with Crippen LogP contribution in [0, 0.1) is 0 Å². The van der Waals surface area contributed by atoms with Gasteiger partial charge in [-0.25, -0.2) is 15.0 Å². The molecule has 0 aliphatic carbocycles. The van der Waals surface area contributed by atoms with Crippen molar-refractivity contribution in [2.75, 3.05) is 0 Å². The molecule has 1 heterocycles. The van der Waals surface area contributed by atoms with Gasteiger partial charge in [0.1, 0.15) is 19.0 Å². The molecule has 1 N–H and O–H groups in total. The van der Waals surface area contributed by atoms with Crippen molar-refractivity contribution in [3.05, 3.63) is 19.0 Å². The molecule has 4 nitrogen and oxygen atoms in total. The molecule has 1 aromatic rings. The van der Waals surface area contributed by atoms with Gasteiger partial charge in [0.05, 0.1) is 0 Å². The molecule has 37 valence electrons. The molecule has 0 aliphatic rings. The Morgan fingerprint density at radius 1 is 0.714 bits per heavy atom. The van der Waals surface area contributed by atoms with Crippen molar-refractivity contribution in [3.63, 3.8) is 0 Å². The maximum absolute atomic E-state index is 3.56. The van der Waals surface area contributed by atoms with Crippen LogP contribution in [0.2, 0.25) is 0 Å². The quantitative estimate of drug-likeness (QED) is 0.484. The van der Waals surface area contributed by atoms with E-state index in [1.54, 1.807) is 0 Å². The summed E-state index contributed by atoms with van der Waals surface area (Å²) in [6.07, 6.45) is 4.31. The van der Waals surface area contributed by atoms with E-state index in [0.717, 1.165) is 0 Å². The molecule has 1 aromatic heterocycles. The van der Waals surface area contributed by atoms with Crippen LogP contribution in [0.3, 0.4) is 0 Å². The topological polar surface area (TPSA) is 68.7 Å². The van der Waals surface area contributed by atoms with Gasteiger partial charge in [-0.05, 0) is 0 Å². The van der Waals surface area contributed by atoms with E-state index < -0.39 is 0 Å². The predicted octanol–water partition coefficient (Wildman–Crippen LogP) is -0.305. The molecule has 7 heavy (non-hydrogen) atoms. The number of hydrogen-bond donors (Lipinski definition) is 1. The van der Waals surface area contributed by atoms with Gasteiger partial charge in [0.2, 0.25) is 0 Å². The highest BCUT2D eigenvalue weighted by atomic mass is 16.0. The van der Waals surface area contributed by atoms with E-state index in [9.17, 15) is 0 Å². The summed E-state index contributed by atoms with van der Waals surface area (Å²) >= 11 is 0. The average molecular weight is 98.1 g/mol. The smallest absolute Gasteiger partial charge is 0.119 e. The standard InChI is InChI=1S/C3H3N3.HO/c1-4-2-6-3-5-1;/h1-3H;1H. The Kier molecular flexibility index (Phi) is 2.70. The minimum Gasteiger partial charge on any atom is -0.255 e. The van der Waals surface area contributed by atoms with E-state index in [4.69, 9.17) is 0 Å². The summed E-state index contributed by atoms with van der Waals surface area (Å²) in [4.78, 5) is 10.7. The van der Waals surface area contributed by atoms with Gasteiger partial charge in [-0.15, -0.1) is 0 Å². The number of aromatic nitrogens is 3. The molecule has 4 heteroatoms. The van der Waals surface area contributed by atoms with Crippen LogP contribution in [-0.4, -0.2) is 20.4 Å². The first-order valence-corrected chi connectivity index (χ1v) is 1.55. The van der Waals surface area contributed by atoms with E-state index in [1.807, 2.05) is 0 Å². The fourth-order valence-corrected chi connectivity index (χ4v) is 0.205. The van der Waals surface area contributed by atoms with Gasteiger partial charge in [-0.2, -0.15) is 0 Å². The van der Waals surface area contributed by atoms with Gasteiger partial charge < -0.3 is 0 Å². The third-order valence-corrected chi connectivity index (χ3v) is 0.400. The van der Waals surface area contributed by atoms with Crippen LogP contribution in [0.5, 0.6) is 0 Å². The summed E-state index contributed by atoms with van der Waals surface area (Å²) in [5.74, 6) is 0. The molecule has 0 atom stereocenters. The third kappa shape index (κ3) is 1.77. The zero-order chi connectivity index (χ0) is 4.24. The Morgan fingerprint density at radius 3 is 1.14 bits per heavy atom. The monoisotopic (exact) mass is 98.0 g/mol. The highest BCUT2D eigenvalue weighted by Crippen LogP contribution is 1.57. The molecule has 0 spiro atoms. The zero-order valence-corrected chi connectivity index (χ0v) is 3.52. The first-order valence-electron chi connectivity index (χ1n) is 1.55. The minimum atomic E-state index is 0. The van der Waals surface area contributed by atoms with Crippen molar-refractivity contribution in [3.8, 4) is 0 Å². The summed E-state index contributed by atoms with van der Waals surface area (Å²) in [5, 5.41) is 0. The molecular weight excluding hydrogens is 94.1 g/mol. The first-order chi connectivity index (χ1) is 3.00. The molecule has 0 aromatic carbocycles. The zero-order valence-electron chi connectivity index (χ0n) is 3.52. The molecule has 0 saturated heterocycles. The Labute approximate surface area is 40.6 Å². The van der Waals surface area contributed by atoms with Gasteiger partial charge in [-0.3, -0.25) is 5.48 Å². The molecule has 0 bridgehead atoms. The Bertz CT molecular complexity index is 82.1. The van der Waals surface area contributed by atoms with Crippen molar-refractivity contribution in [1.29, 1.82) is 0 Å². The fraction of sp³-hybridized carbons (Fsp3) is 0. The van der Waals surface area contributed by atoms with E-state index in [2.05, 4.69) is 15.0 Å². The van der Waals surface area contributed by atoms with Crippen LogP contribution in [0.4, 0.5) is 0 Å². The Morgan fingerprint density at radius 2 is 1.00 bits per heavy atom. The second-order valence-electron chi connectivity index (χ2n) is 0.794. The van der Waals surface area contributed by atoms with Gasteiger partial charge >= 0.3 is 0 Å². The number of rotatable bonds is 0. The van der Waals surface area contributed by atoms with Crippen LogP contribution >= 0.6 is 0 Å². The SMILES string of the molecule is [OH].c1ncncn1. The lowest BCUT2D eigenvalue weighted by Crippen LogP contribution is -1.73. The second-order valence-corrected chi connectivity index (χ2v) is 0.794. The van der Waals surface area contributed by atoms with Crippen LogP contribution in [0.15, 0.2) is 19.0 Å². The third-order valence-electron chi connectivity index (χ3n) is 0.400. The lowest BCUT2D eigenvalue weighted by molar-refractivity contribution is 0.824. The molecule has 0 aliphatic heterocycles. The van der Waals surface area contributed by atoms with Gasteiger partial charge in [-0.1, -0.05) is 0 Å². The molecule has 1 rings (SSSR count). The molecule has 0 amide bonds. The van der Waals surface area contributed by atoms with Gasteiger partial charge in [0.25, 0.3) is 0 Å². The van der Waals surface area contributed by atoms with Gasteiger partial charge in [0.15, 0.2) is 0 Å². The Balaban J connectivity index is 0.000000360. The van der Waals surface area contributed by atoms with Crippen molar-refractivity contribution in [1.82, 2.24) is 15.0 Å². The maximum Gasteiger partial charge on any atom is 0.119 e. The highest BCUT2D eigenvalue weighted by molar-refractivity contribution is 4.51. The predicted molar refractivity (Wildman–Crippen MR) is 21.8 cm³/mol. The summed E-state index contributed by atoms with van der Waals surface area (Å²) in [7, 11) is 0. The van der Waals surface area contributed by atoms with Crippen LogP contribution in [0.25, 0.3) is 0 Å². The van der Waals surface area contributed by atoms with Crippen molar-refractivity contribution < 1.29 is 5.48 Å². The summed E-state index contributed by atoms with van der Waals surface area (Å²) < 4.78 is 0. The van der Waals surface area contributed by atoms with Crippen LogP contribution in [-0.2, 0) is 0 Å². The second kappa shape index (κ2) is 3.17. The normalized spacial score (nSPS) is 6.86. The molecular formula is C3H4N3O. The molecule has 0 saturated carbocycles. The number of nitrogens with zero attached hydrogens (tertiary/aromatic N) is 3. The summed E-state index contributed by atoms with van der Waals surface area (Å²) in [5.41, 5.74) is 0. The average Bonchev–Trinajstić information content (AvgIpc) is 1.72. The van der Waals surface area contributed by atoms with E-state index >= 15 is 0 Å². The number of hydrogen-bond acceptors (Lipinski definition) is 3. The summed E-state index contributed by atoms with van der Waals surface area (Å²) in [6.45, 7) is 0. The van der Waals surface area contributed by atoms with E-state index in [1.165, 1.54) is 19.0 Å². The maximum atomic E-state index is 3.56. The van der Waals surface area contributed by atoms with Gasteiger partial charge in [0, 0.05) is 0 Å². The lowest BCUT2D eigenvalue weighted by Gasteiger charge is -1.69. The Hall–Kier alpha value is -1.03. The van der Waals surface area contributed by atoms with Crippen molar-refractivity contribution in [2.24, 2.45) is 0 Å². The van der Waals surface area contributed by atoms with E-state index in [-0.39, 0.29) is 5.48 Å². The minimum absolute atomic E-state index is 0. The highest BCUT2D eigenvalue weighted by Gasteiger charge is 1.59. The molecule has 0 fully saturated rings. The lowest BCUT2D eigenvalue weighted by atomic mass is 11.1.